The number of anilines is 1. The lowest BCUT2D eigenvalue weighted by molar-refractivity contribution is -0.146. The molecule has 11 heteroatoms. The first-order valence-electron chi connectivity index (χ1n) is 9.86. The van der Waals surface area contributed by atoms with Crippen LogP contribution in [0.15, 0.2) is 58.3 Å². The summed E-state index contributed by atoms with van der Waals surface area (Å²) < 4.78 is 49.8. The number of nitrogens with zero attached hydrogens (tertiary/aromatic N) is 1. The fourth-order valence-electron chi connectivity index (χ4n) is 2.87. The van der Waals surface area contributed by atoms with Gasteiger partial charge in [-0.3, -0.25) is 9.59 Å². The number of carbonyl (C=O) groups is 2. The Bertz CT molecular complexity index is 1040. The van der Waals surface area contributed by atoms with Gasteiger partial charge in [-0.25, -0.2) is 12.8 Å². The zero-order chi connectivity index (χ0) is 23.0. The van der Waals surface area contributed by atoms with Crippen LogP contribution in [0.25, 0.3) is 0 Å². The molecule has 1 heterocycles. The molecule has 1 saturated heterocycles. The zero-order valence-electron chi connectivity index (χ0n) is 17.2. The maximum absolute atomic E-state index is 12.9. The summed E-state index contributed by atoms with van der Waals surface area (Å²) in [5.74, 6) is -1.03. The van der Waals surface area contributed by atoms with Gasteiger partial charge in [0, 0.05) is 29.4 Å². The lowest BCUT2D eigenvalue weighted by Crippen LogP contribution is -2.40. The molecule has 0 bridgehead atoms. The number of ether oxygens (including phenoxy) is 2. The van der Waals surface area contributed by atoms with Gasteiger partial charge >= 0.3 is 5.97 Å². The number of morpholine rings is 1. The molecule has 3 rings (SSSR count). The van der Waals surface area contributed by atoms with Gasteiger partial charge in [0.1, 0.15) is 5.82 Å². The van der Waals surface area contributed by atoms with Crippen LogP contribution < -0.4 is 5.32 Å². The lowest BCUT2D eigenvalue weighted by Gasteiger charge is -2.26. The van der Waals surface area contributed by atoms with Crippen molar-refractivity contribution in [1.82, 2.24) is 4.31 Å². The molecule has 8 nitrogen and oxygen atoms in total. The fourth-order valence-corrected chi connectivity index (χ4v) is 5.16. The Morgan fingerprint density at radius 1 is 1.12 bits per heavy atom. The van der Waals surface area contributed by atoms with E-state index in [9.17, 15) is 22.4 Å². The monoisotopic (exact) mass is 482 g/mol. The number of amides is 1. The summed E-state index contributed by atoms with van der Waals surface area (Å²) in [5, 5.41) is 2.54. The summed E-state index contributed by atoms with van der Waals surface area (Å²) in [7, 11) is -3.69. The molecule has 0 radical (unpaired) electrons. The number of esters is 1. The van der Waals surface area contributed by atoms with E-state index in [4.69, 9.17) is 9.47 Å². The van der Waals surface area contributed by atoms with Crippen molar-refractivity contribution in [2.75, 3.05) is 44.0 Å². The molecule has 0 aliphatic carbocycles. The second kappa shape index (κ2) is 11.4. The van der Waals surface area contributed by atoms with Gasteiger partial charge < -0.3 is 14.8 Å². The topological polar surface area (TPSA) is 102 Å². The standard InChI is InChI=1S/C21H23FN2O6S2/c22-16-4-6-18(7-5-16)31-13-8-21(26)30-15-20(25)23-17-2-1-3-19(14-17)32(27,28)24-9-11-29-12-10-24/h1-7,14H,8-13,15H2,(H,23,25). The molecule has 1 N–H and O–H groups in total. The first kappa shape index (κ1) is 24.2. The molecule has 0 aromatic heterocycles. The second-order valence-electron chi connectivity index (χ2n) is 6.81. The molecule has 0 atom stereocenters. The van der Waals surface area contributed by atoms with E-state index in [2.05, 4.69) is 5.32 Å². The number of carbonyl (C=O) groups excluding carboxylic acids is 2. The van der Waals surface area contributed by atoms with Crippen molar-refractivity contribution >= 4 is 39.3 Å². The van der Waals surface area contributed by atoms with E-state index in [1.54, 1.807) is 18.2 Å². The number of halogens is 1. The van der Waals surface area contributed by atoms with Gasteiger partial charge in [-0.2, -0.15) is 4.31 Å². The SMILES string of the molecule is O=C(COC(=O)CCSc1ccc(F)cc1)Nc1cccc(S(=O)(=O)N2CCOCC2)c1. The van der Waals surface area contributed by atoms with Crippen molar-refractivity contribution in [1.29, 1.82) is 0 Å². The molecule has 0 spiro atoms. The molecule has 1 aliphatic rings. The molecule has 0 unspecified atom stereocenters. The third-order valence-corrected chi connectivity index (χ3v) is 7.39. The van der Waals surface area contributed by atoms with Crippen molar-refractivity contribution in [3.8, 4) is 0 Å². The van der Waals surface area contributed by atoms with Crippen LogP contribution in [0.3, 0.4) is 0 Å². The predicted octanol–water partition coefficient (Wildman–Crippen LogP) is 2.51. The minimum absolute atomic E-state index is 0.0620. The Balaban J connectivity index is 1.45. The Morgan fingerprint density at radius 2 is 1.84 bits per heavy atom. The number of sulfonamides is 1. The van der Waals surface area contributed by atoms with Crippen LogP contribution in [0.4, 0.5) is 10.1 Å². The van der Waals surface area contributed by atoms with E-state index in [0.717, 1.165) is 4.90 Å². The van der Waals surface area contributed by atoms with Crippen molar-refractivity contribution in [2.45, 2.75) is 16.2 Å². The highest BCUT2D eigenvalue weighted by molar-refractivity contribution is 7.99. The third-order valence-electron chi connectivity index (χ3n) is 4.48. The summed E-state index contributed by atoms with van der Waals surface area (Å²) in [6.45, 7) is 0.732. The van der Waals surface area contributed by atoms with Gasteiger partial charge in [-0.05, 0) is 42.5 Å². The van der Waals surface area contributed by atoms with Gasteiger partial charge in [0.15, 0.2) is 6.61 Å². The quantitative estimate of drug-likeness (QED) is 0.433. The van der Waals surface area contributed by atoms with Crippen molar-refractivity contribution in [3.05, 3.63) is 54.3 Å². The van der Waals surface area contributed by atoms with Crippen molar-refractivity contribution < 1.29 is 31.9 Å². The smallest absolute Gasteiger partial charge is 0.307 e. The van der Waals surface area contributed by atoms with Gasteiger partial charge in [0.25, 0.3) is 5.91 Å². The van der Waals surface area contributed by atoms with Gasteiger partial charge in [0.2, 0.25) is 10.0 Å². The van der Waals surface area contributed by atoms with Gasteiger partial charge in [-0.15, -0.1) is 11.8 Å². The Hall–Kier alpha value is -2.47. The average molecular weight is 483 g/mol. The molecule has 1 amide bonds. The molecule has 1 fully saturated rings. The lowest BCUT2D eigenvalue weighted by atomic mass is 10.3. The number of nitrogens with one attached hydrogen (secondary N) is 1. The van der Waals surface area contributed by atoms with Crippen molar-refractivity contribution in [2.24, 2.45) is 0 Å². The van der Waals surface area contributed by atoms with Crippen LogP contribution >= 0.6 is 11.8 Å². The van der Waals surface area contributed by atoms with Crippen molar-refractivity contribution in [3.63, 3.8) is 0 Å². The number of rotatable bonds is 9. The van der Waals surface area contributed by atoms with Crippen LogP contribution in [-0.2, 0) is 29.1 Å². The highest BCUT2D eigenvalue weighted by Gasteiger charge is 2.26. The Labute approximate surface area is 190 Å². The summed E-state index contributed by atoms with van der Waals surface area (Å²) in [6.07, 6.45) is 0.0859. The van der Waals surface area contributed by atoms with E-state index in [0.29, 0.717) is 19.0 Å². The largest absolute Gasteiger partial charge is 0.456 e. The summed E-state index contributed by atoms with van der Waals surface area (Å²) in [4.78, 5) is 24.8. The summed E-state index contributed by atoms with van der Waals surface area (Å²) in [6, 6.07) is 11.8. The summed E-state index contributed by atoms with van der Waals surface area (Å²) >= 11 is 1.37. The highest BCUT2D eigenvalue weighted by atomic mass is 32.2. The van der Waals surface area contributed by atoms with E-state index in [-0.39, 0.29) is 35.9 Å². The van der Waals surface area contributed by atoms with Gasteiger partial charge in [-0.1, -0.05) is 6.07 Å². The Kier molecular flexibility index (Phi) is 8.62. The molecule has 2 aromatic rings. The Morgan fingerprint density at radius 3 is 2.56 bits per heavy atom. The van der Waals surface area contributed by atoms with Crippen LogP contribution in [-0.4, -0.2) is 63.3 Å². The van der Waals surface area contributed by atoms with Crippen LogP contribution in [0.2, 0.25) is 0 Å². The van der Waals surface area contributed by atoms with Crippen LogP contribution in [0.1, 0.15) is 6.42 Å². The fraction of sp³-hybridized carbons (Fsp3) is 0.333. The third kappa shape index (κ3) is 7.02. The molecular weight excluding hydrogens is 459 g/mol. The van der Waals surface area contributed by atoms with E-state index in [1.807, 2.05) is 0 Å². The first-order chi connectivity index (χ1) is 15.3. The summed E-state index contributed by atoms with van der Waals surface area (Å²) in [5.41, 5.74) is 0.284. The number of thioether (sulfide) groups is 1. The maximum atomic E-state index is 12.9. The highest BCUT2D eigenvalue weighted by Crippen LogP contribution is 2.21. The molecule has 0 saturated carbocycles. The van der Waals surface area contributed by atoms with E-state index < -0.39 is 28.5 Å². The molecule has 2 aromatic carbocycles. The van der Waals surface area contributed by atoms with Crippen LogP contribution in [0.5, 0.6) is 0 Å². The maximum Gasteiger partial charge on any atom is 0.307 e. The minimum atomic E-state index is -3.69. The molecular formula is C21H23FN2O6S2. The molecule has 32 heavy (non-hydrogen) atoms. The first-order valence-corrected chi connectivity index (χ1v) is 12.3. The van der Waals surface area contributed by atoms with E-state index in [1.165, 1.54) is 46.4 Å². The average Bonchev–Trinajstić information content (AvgIpc) is 2.80. The second-order valence-corrected chi connectivity index (χ2v) is 9.91. The predicted molar refractivity (Wildman–Crippen MR) is 117 cm³/mol. The minimum Gasteiger partial charge on any atom is -0.456 e. The normalized spacial score (nSPS) is 14.7. The zero-order valence-corrected chi connectivity index (χ0v) is 18.8. The molecule has 1 aliphatic heterocycles. The number of hydrogen-bond donors (Lipinski definition) is 1. The van der Waals surface area contributed by atoms with E-state index >= 15 is 0 Å². The van der Waals surface area contributed by atoms with Crippen LogP contribution in [0, 0.1) is 5.82 Å². The molecule has 172 valence electrons. The number of hydrogen-bond acceptors (Lipinski definition) is 7. The van der Waals surface area contributed by atoms with Gasteiger partial charge in [0.05, 0.1) is 24.5 Å². The number of benzene rings is 2.